The van der Waals surface area contributed by atoms with E-state index in [2.05, 4.69) is 45.6 Å². The number of anilines is 2. The molecule has 0 spiro atoms. The average Bonchev–Trinajstić information content (AvgIpc) is 2.94. The molecule has 1 aliphatic heterocycles. The van der Waals surface area contributed by atoms with E-state index < -0.39 is 0 Å². The second-order valence-corrected chi connectivity index (χ2v) is 5.65. The first-order valence-electron chi connectivity index (χ1n) is 7.28. The van der Waals surface area contributed by atoms with Crippen molar-refractivity contribution in [2.24, 2.45) is 0 Å². The molecule has 2 aromatic rings. The fraction of sp³-hybridized carbons (Fsp3) is 0.400. The predicted octanol–water partition coefficient (Wildman–Crippen LogP) is 0.798. The van der Waals surface area contributed by atoms with Gasteiger partial charge in [0.2, 0.25) is 5.91 Å². The molecule has 116 valence electrons. The second kappa shape index (κ2) is 6.15. The summed E-state index contributed by atoms with van der Waals surface area (Å²) in [7, 11) is 4.20. The molecule has 7 nitrogen and oxygen atoms in total. The van der Waals surface area contributed by atoms with E-state index >= 15 is 0 Å². The summed E-state index contributed by atoms with van der Waals surface area (Å²) < 4.78 is 1.50. The number of carbonyl (C=O) groups excluding carboxylic acids is 1. The first-order chi connectivity index (χ1) is 10.6. The van der Waals surface area contributed by atoms with Crippen molar-refractivity contribution in [3.63, 3.8) is 0 Å². The molecule has 1 aliphatic rings. The molecule has 1 aromatic heterocycles. The Kier molecular flexibility index (Phi) is 4.06. The summed E-state index contributed by atoms with van der Waals surface area (Å²) in [5.41, 5.74) is 3.25. The number of fused-ring (bicyclic) bond motifs is 1. The van der Waals surface area contributed by atoms with Crippen molar-refractivity contribution in [3.8, 4) is 0 Å². The number of aromatic nitrogens is 3. The Morgan fingerprint density at radius 1 is 1.32 bits per heavy atom. The lowest BCUT2D eigenvalue weighted by Gasteiger charge is -2.20. The molecule has 0 saturated carbocycles. The summed E-state index contributed by atoms with van der Waals surface area (Å²) in [4.78, 5) is 16.6. The molecular weight excluding hydrogens is 280 g/mol. The third-order valence-corrected chi connectivity index (χ3v) is 3.82. The second-order valence-electron chi connectivity index (χ2n) is 5.65. The van der Waals surface area contributed by atoms with Crippen LogP contribution in [0.3, 0.4) is 0 Å². The number of amides is 1. The number of hydrogen-bond acceptors (Lipinski definition) is 5. The van der Waals surface area contributed by atoms with Crippen LogP contribution in [0.25, 0.3) is 0 Å². The van der Waals surface area contributed by atoms with Crippen LogP contribution in [-0.2, 0) is 17.9 Å². The van der Waals surface area contributed by atoms with Crippen molar-refractivity contribution in [2.75, 3.05) is 37.4 Å². The van der Waals surface area contributed by atoms with Gasteiger partial charge in [-0.05, 0) is 24.7 Å². The zero-order valence-electron chi connectivity index (χ0n) is 12.9. The van der Waals surface area contributed by atoms with E-state index in [0.29, 0.717) is 0 Å². The molecule has 22 heavy (non-hydrogen) atoms. The Bertz CT molecular complexity index is 654. The highest BCUT2D eigenvalue weighted by molar-refractivity contribution is 5.91. The van der Waals surface area contributed by atoms with Gasteiger partial charge < -0.3 is 15.1 Å². The van der Waals surface area contributed by atoms with E-state index in [0.717, 1.165) is 25.3 Å². The first-order valence-corrected chi connectivity index (χ1v) is 7.28. The molecule has 0 fully saturated rings. The van der Waals surface area contributed by atoms with Gasteiger partial charge in [-0.15, -0.1) is 5.10 Å². The lowest BCUT2D eigenvalue weighted by Crippen LogP contribution is -2.26. The van der Waals surface area contributed by atoms with Crippen molar-refractivity contribution in [1.29, 1.82) is 0 Å². The lowest BCUT2D eigenvalue weighted by molar-refractivity contribution is -0.116. The quantitative estimate of drug-likeness (QED) is 0.908. The minimum atomic E-state index is -0.112. The predicted molar refractivity (Wildman–Crippen MR) is 84.7 cm³/mol. The topological polar surface area (TPSA) is 66.3 Å². The minimum Gasteiger partial charge on any atom is -0.373 e. The fourth-order valence-electron chi connectivity index (χ4n) is 2.61. The number of rotatable bonds is 3. The van der Waals surface area contributed by atoms with Crippen LogP contribution in [0.5, 0.6) is 0 Å². The molecule has 7 heteroatoms. The number of likely N-dealkylation sites (N-methyl/N-ethyl adjacent to an activating group) is 2. The highest BCUT2D eigenvalue weighted by Crippen LogP contribution is 2.27. The molecule has 0 saturated heterocycles. The highest BCUT2D eigenvalue weighted by atomic mass is 16.2. The van der Waals surface area contributed by atoms with E-state index in [1.807, 2.05) is 12.1 Å². The summed E-state index contributed by atoms with van der Waals surface area (Å²) >= 11 is 0. The number of benzene rings is 1. The summed E-state index contributed by atoms with van der Waals surface area (Å²) in [6, 6.07) is 6.07. The maximum Gasteiger partial charge on any atom is 0.246 e. The lowest BCUT2D eigenvalue weighted by atomic mass is 10.1. The SMILES string of the molecule is CN1CCN(C)c2cc(NC(=O)Cn3ccnn3)ccc2C1. The Hall–Kier alpha value is -2.41. The Labute approximate surface area is 129 Å². The molecule has 0 radical (unpaired) electrons. The van der Waals surface area contributed by atoms with E-state index in [-0.39, 0.29) is 12.5 Å². The maximum atomic E-state index is 12.0. The van der Waals surface area contributed by atoms with E-state index in [1.165, 1.54) is 15.9 Å². The van der Waals surface area contributed by atoms with Crippen molar-refractivity contribution in [2.45, 2.75) is 13.1 Å². The third-order valence-electron chi connectivity index (χ3n) is 3.82. The summed E-state index contributed by atoms with van der Waals surface area (Å²) in [6.45, 7) is 3.08. The van der Waals surface area contributed by atoms with Crippen LogP contribution in [0.15, 0.2) is 30.6 Å². The van der Waals surface area contributed by atoms with Crippen molar-refractivity contribution in [3.05, 3.63) is 36.2 Å². The molecule has 0 aliphatic carbocycles. The largest absolute Gasteiger partial charge is 0.373 e. The van der Waals surface area contributed by atoms with Crippen molar-refractivity contribution < 1.29 is 4.79 Å². The van der Waals surface area contributed by atoms with Crippen LogP contribution < -0.4 is 10.2 Å². The van der Waals surface area contributed by atoms with Crippen LogP contribution >= 0.6 is 0 Å². The highest BCUT2D eigenvalue weighted by Gasteiger charge is 2.16. The Morgan fingerprint density at radius 3 is 2.95 bits per heavy atom. The molecule has 1 N–H and O–H groups in total. The molecule has 3 rings (SSSR count). The molecule has 0 atom stereocenters. The van der Waals surface area contributed by atoms with Crippen LogP contribution in [0.1, 0.15) is 5.56 Å². The van der Waals surface area contributed by atoms with Crippen LogP contribution in [0, 0.1) is 0 Å². The van der Waals surface area contributed by atoms with Gasteiger partial charge in [0.1, 0.15) is 6.54 Å². The van der Waals surface area contributed by atoms with Gasteiger partial charge in [0.25, 0.3) is 0 Å². The van der Waals surface area contributed by atoms with Gasteiger partial charge in [0.05, 0.1) is 6.20 Å². The van der Waals surface area contributed by atoms with Crippen LogP contribution in [0.4, 0.5) is 11.4 Å². The molecule has 0 unspecified atom stereocenters. The first kappa shape index (κ1) is 14.5. The molecular formula is C15H20N6O. The Morgan fingerprint density at radius 2 is 2.18 bits per heavy atom. The van der Waals surface area contributed by atoms with Crippen LogP contribution in [0.2, 0.25) is 0 Å². The number of nitrogens with one attached hydrogen (secondary N) is 1. The standard InChI is InChI=1S/C15H20N6O/c1-19-7-8-20(2)14-9-13(4-3-12(14)10-19)17-15(22)11-21-6-5-16-18-21/h3-6,9H,7-8,10-11H2,1-2H3,(H,17,22). The van der Waals surface area contributed by atoms with E-state index in [9.17, 15) is 4.79 Å². The normalized spacial score (nSPS) is 15.3. The fourth-order valence-corrected chi connectivity index (χ4v) is 2.61. The smallest absolute Gasteiger partial charge is 0.246 e. The average molecular weight is 300 g/mol. The van der Waals surface area contributed by atoms with Gasteiger partial charge in [-0.3, -0.25) is 4.79 Å². The Balaban J connectivity index is 1.74. The van der Waals surface area contributed by atoms with Gasteiger partial charge in [0, 0.05) is 44.3 Å². The summed E-state index contributed by atoms with van der Waals surface area (Å²) in [6.07, 6.45) is 3.22. The van der Waals surface area contributed by atoms with Gasteiger partial charge >= 0.3 is 0 Å². The maximum absolute atomic E-state index is 12.0. The van der Waals surface area contributed by atoms with Gasteiger partial charge in [0.15, 0.2) is 0 Å². The zero-order valence-corrected chi connectivity index (χ0v) is 12.9. The van der Waals surface area contributed by atoms with Gasteiger partial charge in [-0.1, -0.05) is 11.3 Å². The van der Waals surface area contributed by atoms with E-state index in [4.69, 9.17) is 0 Å². The van der Waals surface area contributed by atoms with Crippen molar-refractivity contribution >= 4 is 17.3 Å². The number of nitrogens with zero attached hydrogens (tertiary/aromatic N) is 5. The van der Waals surface area contributed by atoms with E-state index in [1.54, 1.807) is 12.4 Å². The number of carbonyl (C=O) groups is 1. The van der Waals surface area contributed by atoms with Gasteiger partial charge in [-0.25, -0.2) is 4.68 Å². The molecule has 1 amide bonds. The van der Waals surface area contributed by atoms with Gasteiger partial charge in [-0.2, -0.15) is 0 Å². The zero-order chi connectivity index (χ0) is 15.5. The summed E-state index contributed by atoms with van der Waals surface area (Å²) in [5, 5.41) is 10.4. The monoisotopic (exact) mass is 300 g/mol. The van der Waals surface area contributed by atoms with Crippen molar-refractivity contribution in [1.82, 2.24) is 19.9 Å². The minimum absolute atomic E-state index is 0.112. The molecule has 0 bridgehead atoms. The summed E-state index contributed by atoms with van der Waals surface area (Å²) in [5.74, 6) is -0.112. The molecule has 1 aromatic carbocycles. The molecule has 2 heterocycles. The number of hydrogen-bond donors (Lipinski definition) is 1. The van der Waals surface area contributed by atoms with Crippen LogP contribution in [-0.4, -0.2) is 53.0 Å². The third kappa shape index (κ3) is 3.25.